The van der Waals surface area contributed by atoms with Crippen molar-refractivity contribution >= 4 is 11.6 Å². The van der Waals surface area contributed by atoms with Gasteiger partial charge in [0.1, 0.15) is 5.69 Å². The molecule has 0 aliphatic heterocycles. The van der Waals surface area contributed by atoms with Crippen molar-refractivity contribution in [3.63, 3.8) is 0 Å². The number of aliphatic hydroxyl groups excluding tert-OH is 1. The monoisotopic (exact) mass is 273 g/mol. The van der Waals surface area contributed by atoms with Crippen LogP contribution in [0.15, 0.2) is 30.3 Å². The summed E-state index contributed by atoms with van der Waals surface area (Å²) in [5, 5.41) is 16.0. The standard InChI is InChI=1S/C15H19N3O2/c1-3-12-10-14(18(2)17-12)15(20)16-13-6-4-11(5-7-13)8-9-19/h4-7,10,19H,3,8-9H2,1-2H3,(H,16,20). The number of nitrogens with zero attached hydrogens (tertiary/aromatic N) is 2. The van der Waals surface area contributed by atoms with Gasteiger partial charge in [-0.05, 0) is 36.6 Å². The van der Waals surface area contributed by atoms with E-state index in [9.17, 15) is 4.79 Å². The first kappa shape index (κ1) is 14.3. The van der Waals surface area contributed by atoms with Gasteiger partial charge in [-0.3, -0.25) is 9.48 Å². The smallest absolute Gasteiger partial charge is 0.273 e. The van der Waals surface area contributed by atoms with Crippen molar-refractivity contribution in [3.05, 3.63) is 47.3 Å². The largest absolute Gasteiger partial charge is 0.396 e. The lowest BCUT2D eigenvalue weighted by Crippen LogP contribution is -2.16. The molecule has 0 saturated carbocycles. The van der Waals surface area contributed by atoms with Crippen molar-refractivity contribution in [3.8, 4) is 0 Å². The zero-order chi connectivity index (χ0) is 14.5. The molecule has 0 bridgehead atoms. The number of hydrogen-bond donors (Lipinski definition) is 2. The number of anilines is 1. The SMILES string of the molecule is CCc1cc(C(=O)Nc2ccc(CCO)cc2)n(C)n1. The molecule has 106 valence electrons. The lowest BCUT2D eigenvalue weighted by molar-refractivity contribution is 0.101. The third-order valence-electron chi connectivity index (χ3n) is 3.14. The zero-order valence-corrected chi connectivity index (χ0v) is 11.8. The summed E-state index contributed by atoms with van der Waals surface area (Å²) >= 11 is 0. The van der Waals surface area contributed by atoms with Crippen LogP contribution in [0, 0.1) is 0 Å². The van der Waals surface area contributed by atoms with Crippen LogP contribution in [0.25, 0.3) is 0 Å². The van der Waals surface area contributed by atoms with Crippen LogP contribution < -0.4 is 5.32 Å². The summed E-state index contributed by atoms with van der Waals surface area (Å²) in [6.45, 7) is 2.13. The maximum Gasteiger partial charge on any atom is 0.273 e. The van der Waals surface area contributed by atoms with Crippen LogP contribution in [0.5, 0.6) is 0 Å². The number of carbonyl (C=O) groups is 1. The van der Waals surface area contributed by atoms with E-state index < -0.39 is 0 Å². The van der Waals surface area contributed by atoms with Crippen molar-refractivity contribution in [2.24, 2.45) is 7.05 Å². The highest BCUT2D eigenvalue weighted by molar-refractivity contribution is 6.03. The van der Waals surface area contributed by atoms with Crippen molar-refractivity contribution in [2.75, 3.05) is 11.9 Å². The fraction of sp³-hybridized carbons (Fsp3) is 0.333. The molecular weight excluding hydrogens is 254 g/mol. The van der Waals surface area contributed by atoms with Crippen molar-refractivity contribution < 1.29 is 9.90 Å². The number of aliphatic hydroxyl groups is 1. The molecule has 0 saturated heterocycles. The average Bonchev–Trinajstić information content (AvgIpc) is 2.83. The Bertz CT molecular complexity index is 588. The van der Waals surface area contributed by atoms with Gasteiger partial charge in [-0.15, -0.1) is 0 Å². The van der Waals surface area contributed by atoms with Gasteiger partial charge in [0, 0.05) is 19.3 Å². The molecule has 1 amide bonds. The van der Waals surface area contributed by atoms with E-state index in [2.05, 4.69) is 10.4 Å². The van der Waals surface area contributed by atoms with Gasteiger partial charge in [0.15, 0.2) is 0 Å². The van der Waals surface area contributed by atoms with E-state index in [1.54, 1.807) is 17.8 Å². The summed E-state index contributed by atoms with van der Waals surface area (Å²) < 4.78 is 1.59. The Morgan fingerprint density at radius 3 is 2.60 bits per heavy atom. The van der Waals surface area contributed by atoms with E-state index in [1.165, 1.54) is 0 Å². The second-order valence-corrected chi connectivity index (χ2v) is 4.62. The van der Waals surface area contributed by atoms with Crippen molar-refractivity contribution in [2.45, 2.75) is 19.8 Å². The highest BCUT2D eigenvalue weighted by atomic mass is 16.3. The van der Waals surface area contributed by atoms with Crippen LogP contribution in [-0.2, 0) is 19.9 Å². The van der Waals surface area contributed by atoms with Crippen LogP contribution in [0.3, 0.4) is 0 Å². The molecule has 2 N–H and O–H groups in total. The van der Waals surface area contributed by atoms with Crippen LogP contribution in [-0.4, -0.2) is 27.4 Å². The van der Waals surface area contributed by atoms with Gasteiger partial charge in [-0.25, -0.2) is 0 Å². The average molecular weight is 273 g/mol. The summed E-state index contributed by atoms with van der Waals surface area (Å²) in [5.74, 6) is -0.172. The van der Waals surface area contributed by atoms with Gasteiger partial charge in [0.05, 0.1) is 5.69 Å². The summed E-state index contributed by atoms with van der Waals surface area (Å²) in [4.78, 5) is 12.2. The molecule has 20 heavy (non-hydrogen) atoms. The molecule has 5 heteroatoms. The highest BCUT2D eigenvalue weighted by Crippen LogP contribution is 2.12. The molecule has 0 spiro atoms. The molecule has 0 atom stereocenters. The summed E-state index contributed by atoms with van der Waals surface area (Å²) in [6.07, 6.45) is 1.42. The number of carbonyl (C=O) groups excluding carboxylic acids is 1. The van der Waals surface area contributed by atoms with Crippen LogP contribution in [0.2, 0.25) is 0 Å². The maximum absolute atomic E-state index is 12.2. The van der Waals surface area contributed by atoms with Crippen LogP contribution in [0.4, 0.5) is 5.69 Å². The Hall–Kier alpha value is -2.14. The maximum atomic E-state index is 12.2. The van der Waals surface area contributed by atoms with Crippen molar-refractivity contribution in [1.29, 1.82) is 0 Å². The van der Waals surface area contributed by atoms with Crippen LogP contribution >= 0.6 is 0 Å². The minimum absolute atomic E-state index is 0.126. The fourth-order valence-electron chi connectivity index (χ4n) is 1.99. The first-order valence-corrected chi connectivity index (χ1v) is 6.68. The number of hydrogen-bond acceptors (Lipinski definition) is 3. The molecule has 5 nitrogen and oxygen atoms in total. The van der Waals surface area contributed by atoms with Gasteiger partial charge in [-0.1, -0.05) is 19.1 Å². The fourth-order valence-corrected chi connectivity index (χ4v) is 1.99. The summed E-state index contributed by atoms with van der Waals surface area (Å²) in [7, 11) is 1.76. The Morgan fingerprint density at radius 1 is 1.35 bits per heavy atom. The lowest BCUT2D eigenvalue weighted by Gasteiger charge is -2.06. The number of nitrogens with one attached hydrogen (secondary N) is 1. The molecule has 0 radical (unpaired) electrons. The number of rotatable bonds is 5. The third kappa shape index (κ3) is 3.24. The Kier molecular flexibility index (Phi) is 4.53. The Morgan fingerprint density at radius 2 is 2.05 bits per heavy atom. The molecule has 0 aliphatic carbocycles. The quantitative estimate of drug-likeness (QED) is 0.872. The normalized spacial score (nSPS) is 10.6. The molecule has 0 unspecified atom stereocenters. The topological polar surface area (TPSA) is 67.2 Å². The highest BCUT2D eigenvalue weighted by Gasteiger charge is 2.12. The molecule has 0 aliphatic rings. The number of aromatic nitrogens is 2. The van der Waals surface area contributed by atoms with E-state index in [0.29, 0.717) is 12.1 Å². The third-order valence-corrected chi connectivity index (χ3v) is 3.14. The summed E-state index contributed by atoms with van der Waals surface area (Å²) in [5.41, 5.74) is 3.22. The lowest BCUT2D eigenvalue weighted by atomic mass is 10.1. The number of amides is 1. The van der Waals surface area contributed by atoms with E-state index in [-0.39, 0.29) is 12.5 Å². The van der Waals surface area contributed by atoms with Gasteiger partial charge in [0.2, 0.25) is 0 Å². The molecule has 1 aromatic carbocycles. The molecular formula is C15H19N3O2. The molecule has 1 aromatic heterocycles. The molecule has 0 fully saturated rings. The predicted molar refractivity (Wildman–Crippen MR) is 77.8 cm³/mol. The van der Waals surface area contributed by atoms with E-state index in [4.69, 9.17) is 5.11 Å². The first-order valence-electron chi connectivity index (χ1n) is 6.68. The second kappa shape index (κ2) is 6.34. The first-order chi connectivity index (χ1) is 9.63. The van der Waals surface area contributed by atoms with Crippen molar-refractivity contribution in [1.82, 2.24) is 9.78 Å². The van der Waals surface area contributed by atoms with Gasteiger partial charge < -0.3 is 10.4 Å². The minimum atomic E-state index is -0.172. The van der Waals surface area contributed by atoms with E-state index in [0.717, 1.165) is 23.4 Å². The minimum Gasteiger partial charge on any atom is -0.396 e. The van der Waals surface area contributed by atoms with Crippen LogP contribution in [0.1, 0.15) is 28.7 Å². The van der Waals surface area contributed by atoms with E-state index >= 15 is 0 Å². The number of benzene rings is 1. The zero-order valence-electron chi connectivity index (χ0n) is 11.8. The Balaban J connectivity index is 2.08. The molecule has 2 aromatic rings. The second-order valence-electron chi connectivity index (χ2n) is 4.62. The summed E-state index contributed by atoms with van der Waals surface area (Å²) in [6, 6.07) is 9.26. The van der Waals surface area contributed by atoms with E-state index in [1.807, 2.05) is 31.2 Å². The number of aryl methyl sites for hydroxylation is 2. The Labute approximate surface area is 118 Å². The molecule has 1 heterocycles. The van der Waals surface area contributed by atoms with Gasteiger partial charge >= 0.3 is 0 Å². The predicted octanol–water partition coefficient (Wildman–Crippen LogP) is 1.77. The van der Waals surface area contributed by atoms with Gasteiger partial charge in [-0.2, -0.15) is 5.10 Å². The molecule has 2 rings (SSSR count). The van der Waals surface area contributed by atoms with Gasteiger partial charge in [0.25, 0.3) is 5.91 Å².